The summed E-state index contributed by atoms with van der Waals surface area (Å²) in [5.74, 6) is -1.64. The zero-order valence-electron chi connectivity index (χ0n) is 12.0. The number of hydrogen-bond acceptors (Lipinski definition) is 2. The Morgan fingerprint density at radius 3 is 2.48 bits per heavy atom. The summed E-state index contributed by atoms with van der Waals surface area (Å²) in [6.07, 6.45) is 0. The van der Waals surface area contributed by atoms with E-state index in [4.69, 9.17) is 11.5 Å². The molecule has 0 aliphatic carbocycles. The van der Waals surface area contributed by atoms with Gasteiger partial charge in [-0.3, -0.25) is 4.79 Å². The van der Waals surface area contributed by atoms with Crippen LogP contribution in [0.3, 0.4) is 0 Å². The van der Waals surface area contributed by atoms with Crippen LogP contribution in [0.2, 0.25) is 0 Å². The number of aliphatic imine (C=N–C) groups is 1. The highest BCUT2D eigenvalue weighted by molar-refractivity contribution is 6.10. The lowest BCUT2D eigenvalue weighted by molar-refractivity contribution is 0.100. The SMILES string of the molecule is NC(N)=NC(=O)c1cc(-c2ccccc2)nc2cccc(F)c12. The van der Waals surface area contributed by atoms with Crippen LogP contribution in [0.4, 0.5) is 4.39 Å². The van der Waals surface area contributed by atoms with Crippen LogP contribution in [-0.4, -0.2) is 16.9 Å². The van der Waals surface area contributed by atoms with Crippen molar-refractivity contribution in [2.45, 2.75) is 0 Å². The van der Waals surface area contributed by atoms with Gasteiger partial charge in [-0.1, -0.05) is 36.4 Å². The largest absolute Gasteiger partial charge is 0.370 e. The Labute approximate surface area is 131 Å². The molecule has 0 aliphatic rings. The highest BCUT2D eigenvalue weighted by atomic mass is 19.1. The van der Waals surface area contributed by atoms with Crippen LogP contribution in [0.25, 0.3) is 22.2 Å². The molecule has 0 aliphatic heterocycles. The molecule has 6 heteroatoms. The molecule has 1 heterocycles. The fraction of sp³-hybridized carbons (Fsp3) is 0. The highest BCUT2D eigenvalue weighted by Gasteiger charge is 2.16. The summed E-state index contributed by atoms with van der Waals surface area (Å²) in [6.45, 7) is 0. The molecule has 0 bridgehead atoms. The lowest BCUT2D eigenvalue weighted by atomic mass is 10.0. The number of nitrogens with zero attached hydrogens (tertiary/aromatic N) is 2. The molecule has 114 valence electrons. The molecule has 1 amide bonds. The minimum Gasteiger partial charge on any atom is -0.370 e. The Morgan fingerprint density at radius 1 is 1.04 bits per heavy atom. The molecule has 0 saturated carbocycles. The molecule has 3 aromatic rings. The van der Waals surface area contributed by atoms with Crippen molar-refractivity contribution in [1.82, 2.24) is 4.98 Å². The molecule has 3 rings (SSSR count). The number of carbonyl (C=O) groups excluding carboxylic acids is 1. The number of hydrogen-bond donors (Lipinski definition) is 2. The minimum absolute atomic E-state index is 0.0698. The fourth-order valence-electron chi connectivity index (χ4n) is 2.35. The van der Waals surface area contributed by atoms with Gasteiger partial charge in [0, 0.05) is 10.9 Å². The molecule has 5 nitrogen and oxygen atoms in total. The number of fused-ring (bicyclic) bond motifs is 1. The normalized spacial score (nSPS) is 10.5. The average Bonchev–Trinajstić information content (AvgIpc) is 2.54. The number of halogens is 1. The van der Waals surface area contributed by atoms with Crippen LogP contribution < -0.4 is 11.5 Å². The lowest BCUT2D eigenvalue weighted by Gasteiger charge is -2.08. The number of carbonyl (C=O) groups is 1. The van der Waals surface area contributed by atoms with Crippen LogP contribution in [0.1, 0.15) is 10.4 Å². The van der Waals surface area contributed by atoms with Gasteiger partial charge in [0.25, 0.3) is 5.91 Å². The Balaban J connectivity index is 2.31. The van der Waals surface area contributed by atoms with Gasteiger partial charge in [-0.05, 0) is 18.2 Å². The summed E-state index contributed by atoms with van der Waals surface area (Å²) in [5, 5.41) is 0.0992. The van der Waals surface area contributed by atoms with Crippen LogP contribution in [-0.2, 0) is 0 Å². The first-order valence-corrected chi connectivity index (χ1v) is 6.85. The van der Waals surface area contributed by atoms with Crippen molar-refractivity contribution in [3.8, 4) is 11.3 Å². The molecular formula is C17H13FN4O. The van der Waals surface area contributed by atoms with Crippen LogP contribution in [0, 0.1) is 5.82 Å². The van der Waals surface area contributed by atoms with Crippen LogP contribution >= 0.6 is 0 Å². The summed E-state index contributed by atoms with van der Waals surface area (Å²) >= 11 is 0. The molecule has 0 saturated heterocycles. The standard InChI is InChI=1S/C17H13FN4O/c18-12-7-4-8-13-15(12)11(16(23)22-17(19)20)9-14(21-13)10-5-2-1-3-6-10/h1-9H,(H4,19,20,22,23). The highest BCUT2D eigenvalue weighted by Crippen LogP contribution is 2.27. The van der Waals surface area contributed by atoms with Crippen LogP contribution in [0.15, 0.2) is 59.6 Å². The first kappa shape index (κ1) is 14.6. The van der Waals surface area contributed by atoms with E-state index >= 15 is 0 Å². The number of nitrogens with two attached hydrogens (primary N) is 2. The van der Waals surface area contributed by atoms with E-state index in [-0.39, 0.29) is 16.9 Å². The number of benzene rings is 2. The van der Waals surface area contributed by atoms with Crippen molar-refractivity contribution in [2.24, 2.45) is 16.5 Å². The zero-order chi connectivity index (χ0) is 16.4. The summed E-state index contributed by atoms with van der Waals surface area (Å²) in [7, 11) is 0. The summed E-state index contributed by atoms with van der Waals surface area (Å²) < 4.78 is 14.2. The third-order valence-electron chi connectivity index (χ3n) is 3.31. The summed E-state index contributed by atoms with van der Waals surface area (Å²) in [5.41, 5.74) is 12.3. The molecule has 1 aromatic heterocycles. The molecule has 23 heavy (non-hydrogen) atoms. The molecule has 0 fully saturated rings. The van der Waals surface area contributed by atoms with Gasteiger partial charge in [0.1, 0.15) is 5.82 Å². The van der Waals surface area contributed by atoms with E-state index < -0.39 is 11.7 Å². The molecule has 0 unspecified atom stereocenters. The first-order chi connectivity index (χ1) is 11.1. The Kier molecular flexibility index (Phi) is 3.72. The van der Waals surface area contributed by atoms with Crippen molar-refractivity contribution in [3.63, 3.8) is 0 Å². The maximum Gasteiger partial charge on any atom is 0.281 e. The maximum atomic E-state index is 14.2. The van der Waals surface area contributed by atoms with Crippen molar-refractivity contribution in [1.29, 1.82) is 0 Å². The molecule has 4 N–H and O–H groups in total. The second kappa shape index (κ2) is 5.84. The van der Waals surface area contributed by atoms with E-state index in [1.807, 2.05) is 30.3 Å². The smallest absolute Gasteiger partial charge is 0.281 e. The van der Waals surface area contributed by atoms with Gasteiger partial charge in [-0.25, -0.2) is 9.37 Å². The third-order valence-corrected chi connectivity index (χ3v) is 3.31. The van der Waals surface area contributed by atoms with Gasteiger partial charge in [-0.15, -0.1) is 0 Å². The van der Waals surface area contributed by atoms with E-state index in [0.29, 0.717) is 11.2 Å². The van der Waals surface area contributed by atoms with Crippen LogP contribution in [0.5, 0.6) is 0 Å². The predicted molar refractivity (Wildman–Crippen MR) is 87.3 cm³/mol. The number of guanidine groups is 1. The Bertz CT molecular complexity index is 919. The van der Waals surface area contributed by atoms with Gasteiger partial charge >= 0.3 is 0 Å². The molecule has 0 atom stereocenters. The summed E-state index contributed by atoms with van der Waals surface area (Å²) in [4.78, 5) is 20.2. The van der Waals surface area contributed by atoms with Crippen molar-refractivity contribution < 1.29 is 9.18 Å². The summed E-state index contributed by atoms with van der Waals surface area (Å²) in [6, 6.07) is 15.2. The quantitative estimate of drug-likeness (QED) is 0.561. The minimum atomic E-state index is -0.709. The Morgan fingerprint density at radius 2 is 1.78 bits per heavy atom. The second-order valence-electron chi connectivity index (χ2n) is 4.90. The predicted octanol–water partition coefficient (Wildman–Crippen LogP) is 2.45. The average molecular weight is 308 g/mol. The van der Waals surface area contributed by atoms with Crippen molar-refractivity contribution in [3.05, 3.63) is 66.0 Å². The number of aromatic nitrogens is 1. The van der Waals surface area contributed by atoms with Crippen molar-refractivity contribution >= 4 is 22.8 Å². The number of pyridine rings is 1. The topological polar surface area (TPSA) is 94.4 Å². The lowest BCUT2D eigenvalue weighted by Crippen LogP contribution is -2.24. The fourth-order valence-corrected chi connectivity index (χ4v) is 2.35. The van der Waals surface area contributed by atoms with Gasteiger partial charge in [0.15, 0.2) is 5.96 Å². The van der Waals surface area contributed by atoms with E-state index in [1.54, 1.807) is 6.07 Å². The first-order valence-electron chi connectivity index (χ1n) is 6.85. The molecule has 0 radical (unpaired) electrons. The van der Waals surface area contributed by atoms with E-state index in [0.717, 1.165) is 5.56 Å². The second-order valence-corrected chi connectivity index (χ2v) is 4.90. The number of amides is 1. The molecule has 2 aromatic carbocycles. The van der Waals surface area contributed by atoms with Gasteiger partial charge in [-0.2, -0.15) is 4.99 Å². The van der Waals surface area contributed by atoms with Crippen molar-refractivity contribution in [2.75, 3.05) is 0 Å². The maximum absolute atomic E-state index is 14.2. The van der Waals surface area contributed by atoms with E-state index in [9.17, 15) is 9.18 Å². The van der Waals surface area contributed by atoms with E-state index in [2.05, 4.69) is 9.98 Å². The van der Waals surface area contributed by atoms with Gasteiger partial charge in [0.05, 0.1) is 16.8 Å². The van der Waals surface area contributed by atoms with Gasteiger partial charge in [0.2, 0.25) is 0 Å². The monoisotopic (exact) mass is 308 g/mol. The Hall–Kier alpha value is -3.28. The molecule has 0 spiro atoms. The zero-order valence-corrected chi connectivity index (χ0v) is 12.0. The third kappa shape index (κ3) is 2.87. The number of rotatable bonds is 2. The molecular weight excluding hydrogens is 295 g/mol. The van der Waals surface area contributed by atoms with Gasteiger partial charge < -0.3 is 11.5 Å². The van der Waals surface area contributed by atoms with E-state index in [1.165, 1.54) is 18.2 Å².